The van der Waals surface area contributed by atoms with E-state index in [0.717, 1.165) is 0 Å². The molecule has 0 unspecified atom stereocenters. The number of nitrogens with two attached hydrogens (primary N) is 1. The van der Waals surface area contributed by atoms with E-state index in [4.69, 9.17) is 15.2 Å². The van der Waals surface area contributed by atoms with Gasteiger partial charge in [0.2, 0.25) is 0 Å². The van der Waals surface area contributed by atoms with Gasteiger partial charge in [-0.05, 0) is 24.1 Å². The average Bonchev–Trinajstić information content (AvgIpc) is 2.25. The number of anilines is 1. The van der Waals surface area contributed by atoms with E-state index < -0.39 is 5.97 Å². The summed E-state index contributed by atoms with van der Waals surface area (Å²) in [4.78, 5) is 11.7. The van der Waals surface area contributed by atoms with Gasteiger partial charge in [0.05, 0.1) is 13.7 Å². The van der Waals surface area contributed by atoms with Gasteiger partial charge in [0.25, 0.3) is 0 Å². The summed E-state index contributed by atoms with van der Waals surface area (Å²) in [5, 5.41) is 0. The SMILES string of the molecule is COc1ccc(N)cc1C(=O)OCC(C)C. The number of carbonyl (C=O) groups excluding carboxylic acids is 1. The van der Waals surface area contributed by atoms with E-state index in [-0.39, 0.29) is 0 Å². The summed E-state index contributed by atoms with van der Waals surface area (Å²) < 4.78 is 10.2. The lowest BCUT2D eigenvalue weighted by atomic mass is 10.2. The van der Waals surface area contributed by atoms with Crippen LogP contribution in [0.4, 0.5) is 5.69 Å². The molecule has 0 fully saturated rings. The Morgan fingerprint density at radius 3 is 2.69 bits per heavy atom. The predicted octanol–water partition coefficient (Wildman–Crippen LogP) is 2.09. The van der Waals surface area contributed by atoms with Crippen LogP contribution >= 0.6 is 0 Å². The molecule has 0 saturated heterocycles. The molecule has 0 aliphatic heterocycles. The van der Waals surface area contributed by atoms with Crippen LogP contribution in [0.15, 0.2) is 18.2 Å². The van der Waals surface area contributed by atoms with E-state index in [1.54, 1.807) is 18.2 Å². The highest BCUT2D eigenvalue weighted by Crippen LogP contribution is 2.22. The Hall–Kier alpha value is -1.71. The Morgan fingerprint density at radius 1 is 1.44 bits per heavy atom. The molecular weight excluding hydrogens is 206 g/mol. The number of hydrogen-bond donors (Lipinski definition) is 1. The van der Waals surface area contributed by atoms with Crippen LogP contribution in [-0.2, 0) is 4.74 Å². The maximum Gasteiger partial charge on any atom is 0.342 e. The Kier molecular flexibility index (Phi) is 4.17. The molecule has 2 N–H and O–H groups in total. The van der Waals surface area contributed by atoms with Crippen LogP contribution in [0.1, 0.15) is 24.2 Å². The highest BCUT2D eigenvalue weighted by molar-refractivity contribution is 5.93. The van der Waals surface area contributed by atoms with Crippen molar-refractivity contribution in [2.24, 2.45) is 5.92 Å². The first-order valence-corrected chi connectivity index (χ1v) is 5.15. The van der Waals surface area contributed by atoms with E-state index in [2.05, 4.69) is 0 Å². The van der Waals surface area contributed by atoms with E-state index >= 15 is 0 Å². The second-order valence-corrected chi connectivity index (χ2v) is 3.95. The number of nitrogen functional groups attached to an aromatic ring is 1. The third-order valence-electron chi connectivity index (χ3n) is 1.99. The number of benzene rings is 1. The number of methoxy groups -OCH3 is 1. The molecule has 0 amide bonds. The first-order chi connectivity index (χ1) is 7.54. The lowest BCUT2D eigenvalue weighted by molar-refractivity contribution is 0.0455. The van der Waals surface area contributed by atoms with Gasteiger partial charge in [-0.1, -0.05) is 13.8 Å². The summed E-state index contributed by atoms with van der Waals surface area (Å²) in [7, 11) is 1.50. The highest BCUT2D eigenvalue weighted by atomic mass is 16.5. The van der Waals surface area contributed by atoms with Crippen LogP contribution in [0.3, 0.4) is 0 Å². The molecule has 0 aromatic heterocycles. The smallest absolute Gasteiger partial charge is 0.342 e. The molecule has 4 heteroatoms. The monoisotopic (exact) mass is 223 g/mol. The van der Waals surface area contributed by atoms with E-state index in [1.807, 2.05) is 13.8 Å². The van der Waals surface area contributed by atoms with Crippen molar-refractivity contribution in [2.45, 2.75) is 13.8 Å². The molecule has 0 bridgehead atoms. The lowest BCUT2D eigenvalue weighted by Gasteiger charge is -2.10. The third-order valence-corrected chi connectivity index (χ3v) is 1.99. The maximum atomic E-state index is 11.7. The molecule has 1 rings (SSSR count). The van der Waals surface area contributed by atoms with E-state index in [0.29, 0.717) is 29.5 Å². The normalized spacial score (nSPS) is 10.2. The Balaban J connectivity index is 2.84. The molecule has 0 saturated carbocycles. The topological polar surface area (TPSA) is 61.5 Å². The van der Waals surface area contributed by atoms with Gasteiger partial charge in [-0.25, -0.2) is 4.79 Å². The van der Waals surface area contributed by atoms with Crippen LogP contribution in [0.2, 0.25) is 0 Å². The third kappa shape index (κ3) is 3.15. The Labute approximate surface area is 95.3 Å². The number of rotatable bonds is 4. The van der Waals surface area contributed by atoms with Gasteiger partial charge >= 0.3 is 5.97 Å². The second-order valence-electron chi connectivity index (χ2n) is 3.95. The first-order valence-electron chi connectivity index (χ1n) is 5.15. The number of carbonyl (C=O) groups is 1. The van der Waals surface area contributed by atoms with Crippen molar-refractivity contribution in [3.8, 4) is 5.75 Å². The molecule has 0 spiro atoms. The zero-order chi connectivity index (χ0) is 12.1. The summed E-state index contributed by atoms with van der Waals surface area (Å²) in [6.07, 6.45) is 0. The molecule has 0 aliphatic rings. The minimum absolute atomic E-state index is 0.302. The van der Waals surface area contributed by atoms with Gasteiger partial charge in [0, 0.05) is 5.69 Å². The lowest BCUT2D eigenvalue weighted by Crippen LogP contribution is -2.11. The molecule has 1 aromatic rings. The van der Waals surface area contributed by atoms with Crippen molar-refractivity contribution in [1.82, 2.24) is 0 Å². The Bertz CT molecular complexity index is 375. The summed E-state index contributed by atoms with van der Waals surface area (Å²) in [6.45, 7) is 4.34. The predicted molar refractivity (Wildman–Crippen MR) is 62.5 cm³/mol. The van der Waals surface area contributed by atoms with Gasteiger partial charge in [-0.15, -0.1) is 0 Å². The average molecular weight is 223 g/mol. The number of esters is 1. The minimum atomic E-state index is -0.405. The largest absolute Gasteiger partial charge is 0.496 e. The highest BCUT2D eigenvalue weighted by Gasteiger charge is 2.14. The van der Waals surface area contributed by atoms with Crippen molar-refractivity contribution in [3.63, 3.8) is 0 Å². The van der Waals surface area contributed by atoms with Crippen molar-refractivity contribution < 1.29 is 14.3 Å². The molecule has 0 radical (unpaired) electrons. The molecular formula is C12H17NO3. The van der Waals surface area contributed by atoms with Gasteiger partial charge in [-0.2, -0.15) is 0 Å². The minimum Gasteiger partial charge on any atom is -0.496 e. The summed E-state index contributed by atoms with van der Waals surface area (Å²) in [5.74, 6) is 0.372. The van der Waals surface area contributed by atoms with Crippen molar-refractivity contribution in [3.05, 3.63) is 23.8 Å². The van der Waals surface area contributed by atoms with Crippen molar-refractivity contribution >= 4 is 11.7 Å². The standard InChI is InChI=1S/C12H17NO3/c1-8(2)7-16-12(14)10-6-9(13)4-5-11(10)15-3/h4-6,8H,7,13H2,1-3H3. The molecule has 1 aromatic carbocycles. The zero-order valence-corrected chi connectivity index (χ0v) is 9.82. The number of hydrogen-bond acceptors (Lipinski definition) is 4. The van der Waals surface area contributed by atoms with Crippen LogP contribution < -0.4 is 10.5 Å². The van der Waals surface area contributed by atoms with E-state index in [9.17, 15) is 4.79 Å². The fraction of sp³-hybridized carbons (Fsp3) is 0.417. The van der Waals surface area contributed by atoms with Crippen LogP contribution in [0, 0.1) is 5.92 Å². The second kappa shape index (κ2) is 5.39. The summed E-state index contributed by atoms with van der Waals surface area (Å²) in [5.41, 5.74) is 6.49. The van der Waals surface area contributed by atoms with Crippen LogP contribution in [0.5, 0.6) is 5.75 Å². The molecule has 88 valence electrons. The van der Waals surface area contributed by atoms with Gasteiger partial charge in [0.15, 0.2) is 0 Å². The molecule has 16 heavy (non-hydrogen) atoms. The van der Waals surface area contributed by atoms with Crippen molar-refractivity contribution in [1.29, 1.82) is 0 Å². The quantitative estimate of drug-likeness (QED) is 0.627. The maximum absolute atomic E-state index is 11.7. The zero-order valence-electron chi connectivity index (χ0n) is 9.82. The van der Waals surface area contributed by atoms with Crippen molar-refractivity contribution in [2.75, 3.05) is 19.5 Å². The molecule has 0 aliphatic carbocycles. The first kappa shape index (κ1) is 12.4. The summed E-state index contributed by atoms with van der Waals surface area (Å²) >= 11 is 0. The van der Waals surface area contributed by atoms with Gasteiger partial charge in [-0.3, -0.25) is 0 Å². The number of ether oxygens (including phenoxy) is 2. The van der Waals surface area contributed by atoms with Crippen LogP contribution in [0.25, 0.3) is 0 Å². The molecule has 0 heterocycles. The fourth-order valence-corrected chi connectivity index (χ4v) is 1.21. The molecule has 4 nitrogen and oxygen atoms in total. The van der Waals surface area contributed by atoms with Gasteiger partial charge in [0.1, 0.15) is 11.3 Å². The van der Waals surface area contributed by atoms with Crippen LogP contribution in [-0.4, -0.2) is 19.7 Å². The van der Waals surface area contributed by atoms with E-state index in [1.165, 1.54) is 7.11 Å². The van der Waals surface area contributed by atoms with Gasteiger partial charge < -0.3 is 15.2 Å². The molecule has 0 atom stereocenters. The Morgan fingerprint density at radius 2 is 2.12 bits per heavy atom. The summed E-state index contributed by atoms with van der Waals surface area (Å²) in [6, 6.07) is 4.89. The fourth-order valence-electron chi connectivity index (χ4n) is 1.21.